The predicted octanol–water partition coefficient (Wildman–Crippen LogP) is 0.181. The number of aryl methyl sites for hydroxylation is 1. The summed E-state index contributed by atoms with van der Waals surface area (Å²) in [6, 6.07) is 9.75. The number of rotatable bonds is 8. The number of fused-ring (bicyclic) bond motifs is 1. The third-order valence-electron chi connectivity index (χ3n) is 6.40. The highest BCUT2D eigenvalue weighted by molar-refractivity contribution is 5.74. The number of piperazine rings is 1. The number of aliphatic hydroxyl groups is 1. The first kappa shape index (κ1) is 25.5. The molecule has 1 aliphatic heterocycles. The van der Waals surface area contributed by atoms with E-state index in [0.717, 1.165) is 10.1 Å². The summed E-state index contributed by atoms with van der Waals surface area (Å²) < 4.78 is 9.09. The van der Waals surface area contributed by atoms with Crippen LogP contribution in [-0.2, 0) is 31.9 Å². The molecule has 2 N–H and O–H groups in total. The molecule has 12 heteroatoms. The van der Waals surface area contributed by atoms with Gasteiger partial charge in [0.25, 0.3) is 5.56 Å². The van der Waals surface area contributed by atoms with Crippen LogP contribution in [0.25, 0.3) is 11.2 Å². The minimum atomic E-state index is -0.809. The maximum Gasteiger partial charge on any atom is 0.409 e. The van der Waals surface area contributed by atoms with Gasteiger partial charge in [0.2, 0.25) is 5.95 Å². The van der Waals surface area contributed by atoms with Gasteiger partial charge in [0.1, 0.15) is 0 Å². The fourth-order valence-corrected chi connectivity index (χ4v) is 4.43. The molecule has 1 amide bonds. The fraction of sp³-hybridized carbons (Fsp3) is 0.500. The van der Waals surface area contributed by atoms with Gasteiger partial charge in [0.05, 0.1) is 19.3 Å². The molecule has 1 saturated heterocycles. The van der Waals surface area contributed by atoms with Gasteiger partial charge in [-0.1, -0.05) is 30.3 Å². The Balaban J connectivity index is 1.55. The molecule has 4 rings (SSSR count). The summed E-state index contributed by atoms with van der Waals surface area (Å²) in [5.41, 5.74) is 0.601. The van der Waals surface area contributed by atoms with Crippen LogP contribution >= 0.6 is 0 Å². The minimum absolute atomic E-state index is 0.110. The molecule has 1 unspecified atom stereocenters. The number of hydrogen-bond donors (Lipinski definition) is 2. The average molecular weight is 500 g/mol. The second-order valence-electron chi connectivity index (χ2n) is 8.90. The van der Waals surface area contributed by atoms with Crippen molar-refractivity contribution in [1.29, 1.82) is 0 Å². The van der Waals surface area contributed by atoms with E-state index in [-0.39, 0.29) is 23.8 Å². The number of β-amino-alcohol motifs (C(OH)–C–C–N with tert-alkyl or cyclic N) is 1. The van der Waals surface area contributed by atoms with Crippen molar-refractivity contribution in [2.75, 3.05) is 44.6 Å². The Labute approximate surface area is 208 Å². The van der Waals surface area contributed by atoms with Crippen LogP contribution in [0, 0.1) is 0 Å². The minimum Gasteiger partial charge on any atom is -0.450 e. The van der Waals surface area contributed by atoms with Crippen LogP contribution in [0.4, 0.5) is 10.7 Å². The third kappa shape index (κ3) is 5.29. The summed E-state index contributed by atoms with van der Waals surface area (Å²) in [5, 5.41) is 14.2. The van der Waals surface area contributed by atoms with Gasteiger partial charge in [0, 0.05) is 53.4 Å². The third-order valence-corrected chi connectivity index (χ3v) is 6.40. The van der Waals surface area contributed by atoms with Gasteiger partial charge in [-0.05, 0) is 12.5 Å². The number of imidazole rings is 1. The molecule has 194 valence electrons. The Morgan fingerprint density at radius 1 is 1.08 bits per heavy atom. The quantitative estimate of drug-likeness (QED) is 0.450. The van der Waals surface area contributed by atoms with Crippen molar-refractivity contribution in [1.82, 2.24) is 28.5 Å². The molecule has 0 bridgehead atoms. The van der Waals surface area contributed by atoms with E-state index < -0.39 is 17.4 Å². The summed E-state index contributed by atoms with van der Waals surface area (Å²) in [4.78, 5) is 45.7. The summed E-state index contributed by atoms with van der Waals surface area (Å²) in [6.45, 7) is 5.30. The molecule has 3 heterocycles. The lowest BCUT2D eigenvalue weighted by Gasteiger charge is -2.35. The number of ether oxygens (including phenoxy) is 1. The zero-order valence-electron chi connectivity index (χ0n) is 20.9. The van der Waals surface area contributed by atoms with E-state index in [1.54, 1.807) is 23.4 Å². The number of aromatic nitrogens is 4. The molecule has 1 aromatic carbocycles. The van der Waals surface area contributed by atoms with E-state index in [2.05, 4.69) is 15.2 Å². The van der Waals surface area contributed by atoms with E-state index in [1.165, 1.54) is 11.6 Å². The SMILES string of the molecule is CCOC(=O)N1CCN(CC(O)Cn2c(NCc3ccccc3)nc3c2c(=O)n(C)c(=O)n3C)CC1. The molecule has 12 nitrogen and oxygen atoms in total. The van der Waals surface area contributed by atoms with Crippen molar-refractivity contribution in [2.24, 2.45) is 14.1 Å². The number of benzene rings is 1. The molecule has 1 atom stereocenters. The first-order valence-electron chi connectivity index (χ1n) is 12.1. The van der Waals surface area contributed by atoms with Gasteiger partial charge >= 0.3 is 11.8 Å². The van der Waals surface area contributed by atoms with E-state index >= 15 is 0 Å². The molecular formula is C24H33N7O5. The van der Waals surface area contributed by atoms with Gasteiger partial charge in [-0.15, -0.1) is 0 Å². The van der Waals surface area contributed by atoms with Crippen molar-refractivity contribution in [3.8, 4) is 0 Å². The highest BCUT2D eigenvalue weighted by Gasteiger charge is 2.25. The zero-order valence-corrected chi connectivity index (χ0v) is 20.9. The van der Waals surface area contributed by atoms with Crippen LogP contribution < -0.4 is 16.6 Å². The van der Waals surface area contributed by atoms with Gasteiger partial charge in [0.15, 0.2) is 11.2 Å². The summed E-state index contributed by atoms with van der Waals surface area (Å²) >= 11 is 0. The summed E-state index contributed by atoms with van der Waals surface area (Å²) in [6.07, 6.45) is -1.13. The molecule has 1 fully saturated rings. The first-order valence-corrected chi connectivity index (χ1v) is 12.1. The Kier molecular flexibility index (Phi) is 7.75. The van der Waals surface area contributed by atoms with Crippen LogP contribution in [0.1, 0.15) is 12.5 Å². The highest BCUT2D eigenvalue weighted by atomic mass is 16.6. The van der Waals surface area contributed by atoms with Crippen molar-refractivity contribution >= 4 is 23.2 Å². The van der Waals surface area contributed by atoms with Gasteiger partial charge < -0.3 is 24.6 Å². The Morgan fingerprint density at radius 2 is 1.78 bits per heavy atom. The van der Waals surface area contributed by atoms with E-state index in [4.69, 9.17) is 4.74 Å². The summed E-state index contributed by atoms with van der Waals surface area (Å²) in [7, 11) is 3.00. The van der Waals surface area contributed by atoms with Gasteiger partial charge in [-0.2, -0.15) is 4.98 Å². The number of nitrogens with zero attached hydrogens (tertiary/aromatic N) is 6. The smallest absolute Gasteiger partial charge is 0.409 e. The number of carbonyl (C=O) groups excluding carboxylic acids is 1. The van der Waals surface area contributed by atoms with Crippen LogP contribution in [-0.4, -0.2) is 85.1 Å². The fourth-order valence-electron chi connectivity index (χ4n) is 4.43. The lowest BCUT2D eigenvalue weighted by Crippen LogP contribution is -2.50. The second kappa shape index (κ2) is 11.0. The average Bonchev–Trinajstić information content (AvgIpc) is 3.24. The van der Waals surface area contributed by atoms with E-state index in [9.17, 15) is 19.5 Å². The maximum atomic E-state index is 13.1. The standard InChI is InChI=1S/C24H33N7O5/c1-4-36-24(35)30-12-10-29(11-13-30)15-18(32)16-31-19-20(27(2)23(34)28(3)21(19)33)26-22(31)25-14-17-8-6-5-7-9-17/h5-9,18,32H,4,10-16H2,1-3H3,(H,25,26). The molecule has 1 aliphatic rings. The van der Waals surface area contributed by atoms with E-state index in [0.29, 0.717) is 51.8 Å². The zero-order chi connectivity index (χ0) is 25.8. The lowest BCUT2D eigenvalue weighted by atomic mass is 10.2. The van der Waals surface area contributed by atoms with Crippen molar-refractivity contribution < 1.29 is 14.6 Å². The number of anilines is 1. The molecular weight excluding hydrogens is 466 g/mol. The molecule has 0 spiro atoms. The first-order chi connectivity index (χ1) is 17.3. The number of hydrogen-bond acceptors (Lipinski definition) is 8. The largest absolute Gasteiger partial charge is 0.450 e. The van der Waals surface area contributed by atoms with Crippen molar-refractivity contribution in [3.05, 3.63) is 56.7 Å². The van der Waals surface area contributed by atoms with Crippen LogP contribution in [0.5, 0.6) is 0 Å². The normalized spacial score (nSPS) is 15.3. The van der Waals surface area contributed by atoms with Crippen molar-refractivity contribution in [3.63, 3.8) is 0 Å². The van der Waals surface area contributed by atoms with Crippen LogP contribution in [0.15, 0.2) is 39.9 Å². The Bertz CT molecular complexity index is 1320. The van der Waals surface area contributed by atoms with Gasteiger partial charge in [-0.3, -0.25) is 18.8 Å². The molecule has 3 aromatic rings. The van der Waals surface area contributed by atoms with Crippen LogP contribution in [0.3, 0.4) is 0 Å². The summed E-state index contributed by atoms with van der Waals surface area (Å²) in [5.74, 6) is 0.401. The van der Waals surface area contributed by atoms with Crippen LogP contribution in [0.2, 0.25) is 0 Å². The number of nitrogens with one attached hydrogen (secondary N) is 1. The van der Waals surface area contributed by atoms with E-state index in [1.807, 2.05) is 30.3 Å². The molecule has 2 aromatic heterocycles. The predicted molar refractivity (Wildman–Crippen MR) is 135 cm³/mol. The second-order valence-corrected chi connectivity index (χ2v) is 8.90. The molecule has 0 saturated carbocycles. The number of carbonyl (C=O) groups is 1. The Hall–Kier alpha value is -3.64. The number of amides is 1. The van der Waals surface area contributed by atoms with Gasteiger partial charge in [-0.25, -0.2) is 9.59 Å². The maximum absolute atomic E-state index is 13.1. The highest BCUT2D eigenvalue weighted by Crippen LogP contribution is 2.18. The topological polar surface area (TPSA) is 127 Å². The monoisotopic (exact) mass is 499 g/mol. The molecule has 36 heavy (non-hydrogen) atoms. The van der Waals surface area contributed by atoms with Crippen molar-refractivity contribution in [2.45, 2.75) is 26.1 Å². The Morgan fingerprint density at radius 3 is 2.44 bits per heavy atom. The molecule has 0 aliphatic carbocycles. The lowest BCUT2D eigenvalue weighted by molar-refractivity contribution is 0.0537. The molecule has 0 radical (unpaired) electrons. The number of aliphatic hydroxyl groups excluding tert-OH is 1.